The Labute approximate surface area is 152 Å². The fraction of sp³-hybridized carbons (Fsp3) is 0.167. The number of carbonyl (C=O) groups excluding carboxylic acids is 1. The lowest BCUT2D eigenvalue weighted by molar-refractivity contribution is -0.137. The standard InChI is InChI=1S/C18H14F3N3OS/c1-11-5-3-8-15(22-11)24(2)17(25)14-10-26-16(23-14)12-6-4-7-13(9-12)18(19,20)21/h3-10H,1-2H3. The van der Waals surface area contributed by atoms with Crippen molar-refractivity contribution in [3.05, 3.63) is 64.8 Å². The van der Waals surface area contributed by atoms with Crippen LogP contribution in [0, 0.1) is 6.92 Å². The Morgan fingerprint density at radius 3 is 2.54 bits per heavy atom. The third-order valence-corrected chi connectivity index (χ3v) is 4.57. The zero-order valence-electron chi connectivity index (χ0n) is 13.9. The van der Waals surface area contributed by atoms with Gasteiger partial charge in [-0.3, -0.25) is 9.69 Å². The normalized spacial score (nSPS) is 11.4. The number of thiazole rings is 1. The van der Waals surface area contributed by atoms with Crippen molar-refractivity contribution in [3.63, 3.8) is 0 Å². The molecule has 8 heteroatoms. The topological polar surface area (TPSA) is 46.1 Å². The summed E-state index contributed by atoms with van der Waals surface area (Å²) in [5, 5.41) is 1.88. The molecule has 2 heterocycles. The van der Waals surface area contributed by atoms with Crippen molar-refractivity contribution in [1.82, 2.24) is 9.97 Å². The highest BCUT2D eigenvalue weighted by molar-refractivity contribution is 7.13. The molecule has 0 aliphatic heterocycles. The SMILES string of the molecule is Cc1cccc(N(C)C(=O)c2csc(-c3cccc(C(F)(F)F)c3)n2)n1. The van der Waals surface area contributed by atoms with Gasteiger partial charge in [0.2, 0.25) is 0 Å². The minimum Gasteiger partial charge on any atom is -0.294 e. The van der Waals surface area contributed by atoms with Crippen molar-refractivity contribution in [3.8, 4) is 10.6 Å². The van der Waals surface area contributed by atoms with E-state index in [0.29, 0.717) is 16.4 Å². The summed E-state index contributed by atoms with van der Waals surface area (Å²) in [4.78, 5) is 22.4. The Morgan fingerprint density at radius 1 is 1.12 bits per heavy atom. The number of rotatable bonds is 3. The molecule has 0 unspecified atom stereocenters. The van der Waals surface area contributed by atoms with Crippen LogP contribution in [0.5, 0.6) is 0 Å². The van der Waals surface area contributed by atoms with Gasteiger partial charge in [0.1, 0.15) is 16.5 Å². The van der Waals surface area contributed by atoms with E-state index in [0.717, 1.165) is 29.2 Å². The highest BCUT2D eigenvalue weighted by Gasteiger charge is 2.30. The molecule has 2 aromatic heterocycles. The van der Waals surface area contributed by atoms with Gasteiger partial charge in [-0.05, 0) is 31.2 Å². The number of aryl methyl sites for hydroxylation is 1. The lowest BCUT2D eigenvalue weighted by atomic mass is 10.1. The van der Waals surface area contributed by atoms with Crippen molar-refractivity contribution < 1.29 is 18.0 Å². The highest BCUT2D eigenvalue weighted by atomic mass is 32.1. The van der Waals surface area contributed by atoms with Crippen LogP contribution in [-0.4, -0.2) is 22.9 Å². The van der Waals surface area contributed by atoms with E-state index in [9.17, 15) is 18.0 Å². The van der Waals surface area contributed by atoms with E-state index in [1.165, 1.54) is 22.4 Å². The molecule has 0 aliphatic rings. The number of nitrogens with zero attached hydrogens (tertiary/aromatic N) is 3. The fourth-order valence-corrected chi connectivity index (χ4v) is 3.12. The van der Waals surface area contributed by atoms with Gasteiger partial charge in [0, 0.05) is 23.7 Å². The molecule has 0 aliphatic carbocycles. The molecular formula is C18H14F3N3OS. The Morgan fingerprint density at radius 2 is 1.85 bits per heavy atom. The lowest BCUT2D eigenvalue weighted by Gasteiger charge is -2.15. The second-order valence-corrected chi connectivity index (χ2v) is 6.48. The first-order valence-corrected chi connectivity index (χ1v) is 8.48. The van der Waals surface area contributed by atoms with E-state index >= 15 is 0 Å². The molecule has 0 radical (unpaired) electrons. The first kappa shape index (κ1) is 18.1. The van der Waals surface area contributed by atoms with Crippen LogP contribution in [0.3, 0.4) is 0 Å². The number of hydrogen-bond acceptors (Lipinski definition) is 4. The quantitative estimate of drug-likeness (QED) is 0.658. The number of amides is 1. The molecular weight excluding hydrogens is 363 g/mol. The molecule has 0 fully saturated rings. The third kappa shape index (κ3) is 3.75. The van der Waals surface area contributed by atoms with Gasteiger partial charge in [0.25, 0.3) is 5.91 Å². The van der Waals surface area contributed by atoms with Crippen LogP contribution in [0.2, 0.25) is 0 Å². The average molecular weight is 377 g/mol. The van der Waals surface area contributed by atoms with E-state index in [-0.39, 0.29) is 11.6 Å². The molecule has 0 atom stereocenters. The van der Waals surface area contributed by atoms with E-state index in [1.807, 2.05) is 13.0 Å². The third-order valence-electron chi connectivity index (χ3n) is 3.68. The van der Waals surface area contributed by atoms with E-state index < -0.39 is 11.7 Å². The maximum atomic E-state index is 12.9. The predicted molar refractivity (Wildman–Crippen MR) is 94.3 cm³/mol. The van der Waals surface area contributed by atoms with Gasteiger partial charge < -0.3 is 0 Å². The molecule has 134 valence electrons. The molecule has 0 saturated carbocycles. The maximum Gasteiger partial charge on any atom is 0.416 e. The highest BCUT2D eigenvalue weighted by Crippen LogP contribution is 2.33. The van der Waals surface area contributed by atoms with Crippen LogP contribution in [0.25, 0.3) is 10.6 Å². The van der Waals surface area contributed by atoms with Crippen LogP contribution in [-0.2, 0) is 6.18 Å². The summed E-state index contributed by atoms with van der Waals surface area (Å²) in [5.41, 5.74) is 0.498. The van der Waals surface area contributed by atoms with Crippen LogP contribution >= 0.6 is 11.3 Å². The monoisotopic (exact) mass is 377 g/mol. The van der Waals surface area contributed by atoms with Gasteiger partial charge in [-0.1, -0.05) is 18.2 Å². The van der Waals surface area contributed by atoms with Gasteiger partial charge in [-0.15, -0.1) is 11.3 Å². The molecule has 0 spiro atoms. The Kier molecular flexibility index (Phi) is 4.78. The molecule has 1 aromatic carbocycles. The number of aromatic nitrogens is 2. The Bertz CT molecular complexity index is 953. The van der Waals surface area contributed by atoms with Gasteiger partial charge in [-0.25, -0.2) is 9.97 Å². The Hall–Kier alpha value is -2.74. The summed E-state index contributed by atoms with van der Waals surface area (Å²) in [6.45, 7) is 1.82. The van der Waals surface area contributed by atoms with Crippen molar-refractivity contribution in [1.29, 1.82) is 0 Å². The molecule has 3 rings (SSSR count). The van der Waals surface area contributed by atoms with Crippen LogP contribution in [0.1, 0.15) is 21.7 Å². The number of pyridine rings is 1. The molecule has 3 aromatic rings. The zero-order chi connectivity index (χ0) is 18.9. The number of alkyl halides is 3. The first-order valence-electron chi connectivity index (χ1n) is 7.60. The number of halogens is 3. The number of anilines is 1. The number of hydrogen-bond donors (Lipinski definition) is 0. The van der Waals surface area contributed by atoms with Crippen LogP contribution in [0.15, 0.2) is 47.8 Å². The van der Waals surface area contributed by atoms with E-state index in [2.05, 4.69) is 9.97 Å². The first-order chi connectivity index (χ1) is 12.3. The van der Waals surface area contributed by atoms with Crippen LogP contribution < -0.4 is 4.90 Å². The summed E-state index contributed by atoms with van der Waals surface area (Å²) < 4.78 is 38.6. The van der Waals surface area contributed by atoms with Gasteiger partial charge in [0.15, 0.2) is 0 Å². The maximum absolute atomic E-state index is 12.9. The van der Waals surface area contributed by atoms with Crippen molar-refractivity contribution >= 4 is 23.1 Å². The smallest absolute Gasteiger partial charge is 0.294 e. The largest absolute Gasteiger partial charge is 0.416 e. The van der Waals surface area contributed by atoms with Crippen molar-refractivity contribution in [2.24, 2.45) is 0 Å². The summed E-state index contributed by atoms with van der Waals surface area (Å²) in [5.74, 6) is 0.0983. The predicted octanol–water partition coefficient (Wildman–Crippen LogP) is 4.81. The Balaban J connectivity index is 1.87. The van der Waals surface area contributed by atoms with Gasteiger partial charge >= 0.3 is 6.18 Å². The molecule has 4 nitrogen and oxygen atoms in total. The fourth-order valence-electron chi connectivity index (χ4n) is 2.32. The summed E-state index contributed by atoms with van der Waals surface area (Å²) >= 11 is 1.12. The minimum atomic E-state index is -4.43. The molecule has 0 N–H and O–H groups in total. The van der Waals surface area contributed by atoms with E-state index in [4.69, 9.17) is 0 Å². The van der Waals surface area contributed by atoms with Gasteiger partial charge in [0.05, 0.1) is 5.56 Å². The lowest BCUT2D eigenvalue weighted by Crippen LogP contribution is -2.27. The molecule has 1 amide bonds. The second kappa shape index (κ2) is 6.87. The van der Waals surface area contributed by atoms with E-state index in [1.54, 1.807) is 19.2 Å². The molecule has 0 saturated heterocycles. The van der Waals surface area contributed by atoms with Crippen LogP contribution in [0.4, 0.5) is 19.0 Å². The summed E-state index contributed by atoms with van der Waals surface area (Å²) in [7, 11) is 1.58. The summed E-state index contributed by atoms with van der Waals surface area (Å²) in [6, 6.07) is 10.2. The van der Waals surface area contributed by atoms with Gasteiger partial charge in [-0.2, -0.15) is 13.2 Å². The average Bonchev–Trinajstić information content (AvgIpc) is 3.10. The number of carbonyl (C=O) groups is 1. The van der Waals surface area contributed by atoms with Crippen molar-refractivity contribution in [2.75, 3.05) is 11.9 Å². The minimum absolute atomic E-state index is 0.160. The zero-order valence-corrected chi connectivity index (χ0v) is 14.7. The van der Waals surface area contributed by atoms with Crippen molar-refractivity contribution in [2.45, 2.75) is 13.1 Å². The summed E-state index contributed by atoms with van der Waals surface area (Å²) in [6.07, 6.45) is -4.43. The number of benzene rings is 1. The second-order valence-electron chi connectivity index (χ2n) is 5.62. The molecule has 0 bridgehead atoms. The molecule has 26 heavy (non-hydrogen) atoms.